The summed E-state index contributed by atoms with van der Waals surface area (Å²) in [5, 5.41) is 24.7. The van der Waals surface area contributed by atoms with E-state index < -0.39 is 0 Å². The fraction of sp³-hybridized carbons (Fsp3) is 0.0476. The number of rotatable bonds is 1. The van der Waals surface area contributed by atoms with Crippen molar-refractivity contribution in [3.8, 4) is 22.6 Å². The third kappa shape index (κ3) is 2.11. The van der Waals surface area contributed by atoms with Gasteiger partial charge in [-0.2, -0.15) is 0 Å². The van der Waals surface area contributed by atoms with Crippen LogP contribution in [0, 0.1) is 6.92 Å². The van der Waals surface area contributed by atoms with E-state index in [0.717, 1.165) is 27.3 Å². The average molecular weight is 300 g/mol. The Morgan fingerprint density at radius 1 is 0.609 bits per heavy atom. The maximum atomic E-state index is 10.5. The summed E-state index contributed by atoms with van der Waals surface area (Å²) < 4.78 is 0. The molecule has 0 aliphatic carbocycles. The van der Waals surface area contributed by atoms with Gasteiger partial charge in [-0.1, -0.05) is 60.7 Å². The first-order valence-corrected chi connectivity index (χ1v) is 7.58. The topological polar surface area (TPSA) is 40.5 Å². The Labute approximate surface area is 134 Å². The molecular formula is C21H16O2. The summed E-state index contributed by atoms with van der Waals surface area (Å²) >= 11 is 0. The Bertz CT molecular complexity index is 1050. The molecule has 2 N–H and O–H groups in total. The van der Waals surface area contributed by atoms with Crippen LogP contribution in [-0.2, 0) is 0 Å². The van der Waals surface area contributed by atoms with Gasteiger partial charge < -0.3 is 10.2 Å². The minimum Gasteiger partial charge on any atom is -0.504 e. The minimum absolute atomic E-state index is 0.0660. The van der Waals surface area contributed by atoms with Gasteiger partial charge in [0.1, 0.15) is 0 Å². The van der Waals surface area contributed by atoms with E-state index >= 15 is 0 Å². The first kappa shape index (κ1) is 13.6. The van der Waals surface area contributed by atoms with E-state index in [9.17, 15) is 10.2 Å². The Balaban J connectivity index is 2.13. The fourth-order valence-corrected chi connectivity index (χ4v) is 3.21. The van der Waals surface area contributed by atoms with Crippen LogP contribution in [0.2, 0.25) is 0 Å². The highest BCUT2D eigenvalue weighted by Gasteiger charge is 2.15. The Kier molecular flexibility index (Phi) is 2.98. The van der Waals surface area contributed by atoms with Crippen molar-refractivity contribution in [2.75, 3.05) is 0 Å². The van der Waals surface area contributed by atoms with Crippen LogP contribution in [0.5, 0.6) is 11.5 Å². The van der Waals surface area contributed by atoms with Crippen LogP contribution in [0.15, 0.2) is 66.7 Å². The van der Waals surface area contributed by atoms with E-state index in [2.05, 4.69) is 12.1 Å². The molecule has 0 saturated heterocycles. The zero-order valence-electron chi connectivity index (χ0n) is 12.7. The van der Waals surface area contributed by atoms with Gasteiger partial charge in [-0.25, -0.2) is 0 Å². The SMILES string of the molecule is Cc1cc(-c2cc3ccccc3c(O)c2O)c2ccccc2c1. The van der Waals surface area contributed by atoms with E-state index in [0.29, 0.717) is 10.9 Å². The number of phenols is 2. The highest BCUT2D eigenvalue weighted by molar-refractivity contribution is 6.03. The van der Waals surface area contributed by atoms with Gasteiger partial charge in [0.2, 0.25) is 0 Å². The second-order valence-corrected chi connectivity index (χ2v) is 5.88. The Morgan fingerprint density at radius 2 is 1.22 bits per heavy atom. The molecule has 2 nitrogen and oxygen atoms in total. The number of fused-ring (bicyclic) bond motifs is 2. The lowest BCUT2D eigenvalue weighted by Gasteiger charge is -2.13. The predicted octanol–water partition coefficient (Wildman–Crippen LogP) is 5.38. The van der Waals surface area contributed by atoms with Crippen LogP contribution >= 0.6 is 0 Å². The lowest BCUT2D eigenvalue weighted by Crippen LogP contribution is -1.87. The molecular weight excluding hydrogens is 284 g/mol. The molecule has 23 heavy (non-hydrogen) atoms. The van der Waals surface area contributed by atoms with E-state index in [1.807, 2.05) is 61.5 Å². The quantitative estimate of drug-likeness (QED) is 0.463. The first-order valence-electron chi connectivity index (χ1n) is 7.58. The average Bonchev–Trinajstić information content (AvgIpc) is 2.57. The van der Waals surface area contributed by atoms with Crippen molar-refractivity contribution >= 4 is 21.5 Å². The van der Waals surface area contributed by atoms with Gasteiger partial charge in [-0.15, -0.1) is 0 Å². The Hall–Kier alpha value is -3.00. The second kappa shape index (κ2) is 5.03. The number of aromatic hydroxyl groups is 2. The summed E-state index contributed by atoms with van der Waals surface area (Å²) in [6, 6.07) is 21.7. The number of phenolic OH excluding ortho intramolecular Hbond substituents is 2. The minimum atomic E-state index is -0.0700. The van der Waals surface area contributed by atoms with Gasteiger partial charge in [-0.05, 0) is 40.3 Å². The molecule has 0 saturated carbocycles. The molecule has 4 aromatic carbocycles. The predicted molar refractivity (Wildman–Crippen MR) is 95.0 cm³/mol. The molecule has 0 aliphatic heterocycles. The molecule has 0 unspecified atom stereocenters. The first-order chi connectivity index (χ1) is 11.1. The summed E-state index contributed by atoms with van der Waals surface area (Å²) in [5.74, 6) is -0.136. The zero-order chi connectivity index (χ0) is 16.0. The second-order valence-electron chi connectivity index (χ2n) is 5.88. The van der Waals surface area contributed by atoms with Crippen molar-refractivity contribution in [1.82, 2.24) is 0 Å². The third-order valence-electron chi connectivity index (χ3n) is 4.29. The molecule has 112 valence electrons. The lowest BCUT2D eigenvalue weighted by atomic mass is 9.93. The number of aryl methyl sites for hydroxylation is 1. The normalized spacial score (nSPS) is 11.2. The van der Waals surface area contributed by atoms with Gasteiger partial charge in [0.05, 0.1) is 0 Å². The maximum absolute atomic E-state index is 10.5. The van der Waals surface area contributed by atoms with Crippen molar-refractivity contribution in [3.63, 3.8) is 0 Å². The summed E-state index contributed by atoms with van der Waals surface area (Å²) in [6.45, 7) is 2.04. The number of hydrogen-bond donors (Lipinski definition) is 2. The molecule has 0 amide bonds. The van der Waals surface area contributed by atoms with Gasteiger partial charge in [0.25, 0.3) is 0 Å². The monoisotopic (exact) mass is 300 g/mol. The standard InChI is InChI=1S/C21H16O2/c1-13-10-14-6-2-4-8-16(14)18(11-13)19-12-15-7-3-5-9-17(15)20(22)21(19)23/h2-12,22-23H,1H3. The summed E-state index contributed by atoms with van der Waals surface area (Å²) in [5.41, 5.74) is 2.70. The molecule has 0 fully saturated rings. The summed E-state index contributed by atoms with van der Waals surface area (Å²) in [6.07, 6.45) is 0. The van der Waals surface area contributed by atoms with Gasteiger partial charge in [-0.3, -0.25) is 0 Å². The molecule has 4 rings (SSSR count). The van der Waals surface area contributed by atoms with Crippen molar-refractivity contribution in [1.29, 1.82) is 0 Å². The molecule has 0 aliphatic rings. The van der Waals surface area contributed by atoms with Crippen molar-refractivity contribution in [3.05, 3.63) is 72.3 Å². The molecule has 0 spiro atoms. The molecule has 0 heterocycles. The molecule has 0 radical (unpaired) electrons. The van der Waals surface area contributed by atoms with E-state index in [1.54, 1.807) is 0 Å². The molecule has 0 atom stereocenters. The zero-order valence-corrected chi connectivity index (χ0v) is 12.7. The van der Waals surface area contributed by atoms with Crippen LogP contribution in [0.1, 0.15) is 5.56 Å². The van der Waals surface area contributed by atoms with E-state index in [4.69, 9.17) is 0 Å². The van der Waals surface area contributed by atoms with E-state index in [-0.39, 0.29) is 11.5 Å². The molecule has 4 aromatic rings. The highest BCUT2D eigenvalue weighted by atomic mass is 16.3. The van der Waals surface area contributed by atoms with Crippen LogP contribution in [0.4, 0.5) is 0 Å². The molecule has 0 bridgehead atoms. The van der Waals surface area contributed by atoms with E-state index in [1.165, 1.54) is 0 Å². The maximum Gasteiger partial charge on any atom is 0.166 e. The summed E-state index contributed by atoms with van der Waals surface area (Å²) in [7, 11) is 0. The van der Waals surface area contributed by atoms with Crippen LogP contribution < -0.4 is 0 Å². The van der Waals surface area contributed by atoms with Crippen LogP contribution in [0.3, 0.4) is 0 Å². The van der Waals surface area contributed by atoms with Crippen molar-refractivity contribution in [2.24, 2.45) is 0 Å². The Morgan fingerprint density at radius 3 is 1.96 bits per heavy atom. The molecule has 0 aromatic heterocycles. The number of hydrogen-bond acceptors (Lipinski definition) is 2. The highest BCUT2D eigenvalue weighted by Crippen LogP contribution is 2.44. The number of benzene rings is 4. The van der Waals surface area contributed by atoms with Gasteiger partial charge in [0, 0.05) is 10.9 Å². The third-order valence-corrected chi connectivity index (χ3v) is 4.29. The van der Waals surface area contributed by atoms with Gasteiger partial charge in [0.15, 0.2) is 11.5 Å². The fourth-order valence-electron chi connectivity index (χ4n) is 3.21. The smallest absolute Gasteiger partial charge is 0.166 e. The van der Waals surface area contributed by atoms with Crippen molar-refractivity contribution < 1.29 is 10.2 Å². The van der Waals surface area contributed by atoms with Crippen LogP contribution in [-0.4, -0.2) is 10.2 Å². The van der Waals surface area contributed by atoms with Gasteiger partial charge >= 0.3 is 0 Å². The largest absolute Gasteiger partial charge is 0.504 e. The lowest BCUT2D eigenvalue weighted by molar-refractivity contribution is 0.409. The molecule has 2 heteroatoms. The van der Waals surface area contributed by atoms with Crippen LogP contribution in [0.25, 0.3) is 32.7 Å². The summed E-state index contributed by atoms with van der Waals surface area (Å²) in [4.78, 5) is 0. The van der Waals surface area contributed by atoms with Crippen molar-refractivity contribution in [2.45, 2.75) is 6.92 Å².